The Bertz CT molecular complexity index is 641. The number of nitrogens with one attached hydrogen (secondary N) is 1. The van der Waals surface area contributed by atoms with E-state index >= 15 is 0 Å². The number of anilines is 1. The van der Waals surface area contributed by atoms with Gasteiger partial charge in [0.2, 0.25) is 5.95 Å². The molecule has 0 spiro atoms. The number of hydrogen-bond donors (Lipinski definition) is 1. The summed E-state index contributed by atoms with van der Waals surface area (Å²) in [7, 11) is 0. The van der Waals surface area contributed by atoms with Gasteiger partial charge in [-0.05, 0) is 23.8 Å². The highest BCUT2D eigenvalue weighted by molar-refractivity contribution is 9.10. The predicted octanol–water partition coefficient (Wildman–Crippen LogP) is 2.27. The highest BCUT2D eigenvalue weighted by atomic mass is 79.9. The Morgan fingerprint density at radius 2 is 1.74 bits per heavy atom. The summed E-state index contributed by atoms with van der Waals surface area (Å²) >= 11 is 3.40. The average molecular weight is 376 g/mol. The topological polar surface area (TPSA) is 61.4 Å². The molecule has 7 heteroatoms. The number of nitrogens with zero attached hydrogens (tertiary/aromatic N) is 4. The molecule has 1 aromatic heterocycles. The Morgan fingerprint density at radius 1 is 1.09 bits per heavy atom. The zero-order valence-electron chi connectivity index (χ0n) is 12.7. The maximum Gasteiger partial charge on any atom is 0.317 e. The van der Waals surface area contributed by atoms with E-state index in [0.717, 1.165) is 29.1 Å². The number of piperazine rings is 1. The van der Waals surface area contributed by atoms with E-state index in [9.17, 15) is 4.79 Å². The van der Waals surface area contributed by atoms with Gasteiger partial charge in [0.1, 0.15) is 0 Å². The number of hydrogen-bond acceptors (Lipinski definition) is 4. The minimum absolute atomic E-state index is 0.0263. The summed E-state index contributed by atoms with van der Waals surface area (Å²) in [6.45, 7) is 3.37. The van der Waals surface area contributed by atoms with E-state index < -0.39 is 0 Å². The summed E-state index contributed by atoms with van der Waals surface area (Å²) in [6, 6.07) is 9.71. The van der Waals surface area contributed by atoms with Gasteiger partial charge < -0.3 is 15.1 Å². The first-order valence-corrected chi connectivity index (χ1v) is 8.31. The quantitative estimate of drug-likeness (QED) is 0.893. The van der Waals surface area contributed by atoms with Gasteiger partial charge >= 0.3 is 6.03 Å². The summed E-state index contributed by atoms with van der Waals surface area (Å²) in [5.74, 6) is 0.724. The summed E-state index contributed by atoms with van der Waals surface area (Å²) in [4.78, 5) is 24.7. The maximum absolute atomic E-state index is 12.2. The van der Waals surface area contributed by atoms with Crippen molar-refractivity contribution in [2.45, 2.75) is 6.54 Å². The van der Waals surface area contributed by atoms with E-state index in [0.29, 0.717) is 19.6 Å². The largest absolute Gasteiger partial charge is 0.337 e. The van der Waals surface area contributed by atoms with Crippen molar-refractivity contribution < 1.29 is 4.79 Å². The van der Waals surface area contributed by atoms with Crippen LogP contribution >= 0.6 is 15.9 Å². The van der Waals surface area contributed by atoms with E-state index in [-0.39, 0.29) is 6.03 Å². The average Bonchev–Trinajstić information content (AvgIpc) is 2.62. The second kappa shape index (κ2) is 7.41. The van der Waals surface area contributed by atoms with Gasteiger partial charge in [-0.3, -0.25) is 0 Å². The van der Waals surface area contributed by atoms with Crippen LogP contribution in [0, 0.1) is 0 Å². The normalized spacial score (nSPS) is 14.7. The maximum atomic E-state index is 12.2. The van der Waals surface area contributed by atoms with Crippen LogP contribution in [0.1, 0.15) is 5.56 Å². The second-order valence-electron chi connectivity index (χ2n) is 5.31. The van der Waals surface area contributed by atoms with Gasteiger partial charge in [-0.15, -0.1) is 0 Å². The van der Waals surface area contributed by atoms with Crippen LogP contribution in [0.2, 0.25) is 0 Å². The van der Waals surface area contributed by atoms with Crippen molar-refractivity contribution in [3.05, 3.63) is 52.8 Å². The zero-order valence-corrected chi connectivity index (χ0v) is 14.2. The molecule has 3 rings (SSSR count). The first kappa shape index (κ1) is 15.7. The van der Waals surface area contributed by atoms with E-state index in [4.69, 9.17) is 0 Å². The number of aromatic nitrogens is 2. The fraction of sp³-hybridized carbons (Fsp3) is 0.312. The van der Waals surface area contributed by atoms with Crippen molar-refractivity contribution in [2.75, 3.05) is 31.1 Å². The number of halogens is 1. The highest BCUT2D eigenvalue weighted by Crippen LogP contribution is 2.11. The lowest BCUT2D eigenvalue weighted by atomic mass is 10.2. The Balaban J connectivity index is 1.47. The molecule has 1 fully saturated rings. The summed E-state index contributed by atoms with van der Waals surface area (Å²) in [6.07, 6.45) is 3.47. The molecule has 1 aromatic carbocycles. The lowest BCUT2D eigenvalue weighted by Crippen LogP contribution is -2.52. The van der Waals surface area contributed by atoms with E-state index in [1.807, 2.05) is 29.2 Å². The number of urea groups is 1. The molecule has 23 heavy (non-hydrogen) atoms. The summed E-state index contributed by atoms with van der Waals surface area (Å²) in [5.41, 5.74) is 1.08. The first-order chi connectivity index (χ1) is 11.2. The molecule has 0 saturated carbocycles. The second-order valence-corrected chi connectivity index (χ2v) is 6.22. The van der Waals surface area contributed by atoms with Crippen LogP contribution in [0.4, 0.5) is 10.7 Å². The SMILES string of the molecule is O=C(NCc1ccc(Br)cc1)N1CCN(c2ncccn2)CC1. The van der Waals surface area contributed by atoms with Crippen molar-refractivity contribution in [3.8, 4) is 0 Å². The predicted molar refractivity (Wildman–Crippen MR) is 92.2 cm³/mol. The van der Waals surface area contributed by atoms with Gasteiger partial charge in [0.05, 0.1) is 0 Å². The van der Waals surface area contributed by atoms with Crippen molar-refractivity contribution in [1.29, 1.82) is 0 Å². The minimum Gasteiger partial charge on any atom is -0.337 e. The fourth-order valence-electron chi connectivity index (χ4n) is 2.46. The molecule has 120 valence electrons. The molecular formula is C16H18BrN5O. The molecule has 1 aliphatic rings. The van der Waals surface area contributed by atoms with Crippen LogP contribution in [0.25, 0.3) is 0 Å². The molecule has 2 aromatic rings. The van der Waals surface area contributed by atoms with Gasteiger partial charge in [0.15, 0.2) is 0 Å². The Labute approximate surface area is 143 Å². The molecule has 1 saturated heterocycles. The first-order valence-electron chi connectivity index (χ1n) is 7.51. The monoisotopic (exact) mass is 375 g/mol. The third-order valence-corrected chi connectivity index (χ3v) is 4.29. The van der Waals surface area contributed by atoms with Crippen LogP contribution < -0.4 is 10.2 Å². The fourth-order valence-corrected chi connectivity index (χ4v) is 2.72. The summed E-state index contributed by atoms with van der Waals surface area (Å²) in [5, 5.41) is 2.96. The van der Waals surface area contributed by atoms with Gasteiger partial charge in [0, 0.05) is 49.6 Å². The molecule has 1 aliphatic heterocycles. The third-order valence-electron chi connectivity index (χ3n) is 3.76. The van der Waals surface area contributed by atoms with Gasteiger partial charge in [0.25, 0.3) is 0 Å². The minimum atomic E-state index is -0.0263. The zero-order chi connectivity index (χ0) is 16.1. The van der Waals surface area contributed by atoms with Crippen LogP contribution in [-0.2, 0) is 6.54 Å². The summed E-state index contributed by atoms with van der Waals surface area (Å²) < 4.78 is 1.03. The van der Waals surface area contributed by atoms with Crippen LogP contribution in [-0.4, -0.2) is 47.1 Å². The molecule has 0 unspecified atom stereocenters. The van der Waals surface area contributed by atoms with Crippen molar-refractivity contribution >= 4 is 27.9 Å². The lowest BCUT2D eigenvalue weighted by Gasteiger charge is -2.34. The van der Waals surface area contributed by atoms with Crippen LogP contribution in [0.3, 0.4) is 0 Å². The van der Waals surface area contributed by atoms with Gasteiger partial charge in [-0.1, -0.05) is 28.1 Å². The molecule has 2 heterocycles. The van der Waals surface area contributed by atoms with E-state index in [2.05, 4.69) is 36.1 Å². The lowest BCUT2D eigenvalue weighted by molar-refractivity contribution is 0.193. The smallest absolute Gasteiger partial charge is 0.317 e. The molecule has 6 nitrogen and oxygen atoms in total. The van der Waals surface area contributed by atoms with Crippen molar-refractivity contribution in [3.63, 3.8) is 0 Å². The molecule has 0 aliphatic carbocycles. The van der Waals surface area contributed by atoms with Crippen LogP contribution in [0.15, 0.2) is 47.2 Å². The Morgan fingerprint density at radius 3 is 2.39 bits per heavy atom. The standard InChI is InChI=1S/C16H18BrN5O/c17-14-4-2-13(3-5-14)12-20-16(23)22-10-8-21(9-11-22)15-18-6-1-7-19-15/h1-7H,8-12H2,(H,20,23). The number of carbonyl (C=O) groups is 1. The van der Waals surface area contributed by atoms with Crippen molar-refractivity contribution in [1.82, 2.24) is 20.2 Å². The molecule has 0 bridgehead atoms. The third kappa shape index (κ3) is 4.19. The number of benzene rings is 1. The van der Waals surface area contributed by atoms with Crippen molar-refractivity contribution in [2.24, 2.45) is 0 Å². The Kier molecular flexibility index (Phi) is 5.07. The van der Waals surface area contributed by atoms with E-state index in [1.54, 1.807) is 18.5 Å². The molecule has 1 N–H and O–H groups in total. The van der Waals surface area contributed by atoms with Gasteiger partial charge in [-0.2, -0.15) is 0 Å². The Hall–Kier alpha value is -2.15. The molecule has 2 amide bonds. The van der Waals surface area contributed by atoms with Crippen LogP contribution in [0.5, 0.6) is 0 Å². The highest BCUT2D eigenvalue weighted by Gasteiger charge is 2.22. The molecule has 0 atom stereocenters. The number of rotatable bonds is 3. The number of carbonyl (C=O) groups excluding carboxylic acids is 1. The molecular weight excluding hydrogens is 358 g/mol. The molecule has 0 radical (unpaired) electrons. The number of amides is 2. The van der Waals surface area contributed by atoms with Gasteiger partial charge in [-0.25, -0.2) is 14.8 Å². The van der Waals surface area contributed by atoms with E-state index in [1.165, 1.54) is 0 Å².